The number of benzene rings is 3. The van der Waals surface area contributed by atoms with E-state index in [4.69, 9.17) is 14.1 Å². The number of fused-ring (bicyclic) bond motifs is 1. The molecule has 0 bridgehead atoms. The van der Waals surface area contributed by atoms with Crippen LogP contribution in [0.4, 0.5) is 0 Å². The monoisotopic (exact) mass is 396 g/mol. The molecule has 0 aliphatic carbocycles. The van der Waals surface area contributed by atoms with Crippen molar-refractivity contribution in [2.24, 2.45) is 0 Å². The fraction of sp³-hybridized carbons (Fsp3) is 0.0800. The highest BCUT2D eigenvalue weighted by Gasteiger charge is 2.19. The molecule has 2 heterocycles. The molecule has 0 spiro atoms. The van der Waals surface area contributed by atoms with Crippen LogP contribution in [0.1, 0.15) is 11.5 Å². The van der Waals surface area contributed by atoms with E-state index in [9.17, 15) is 5.11 Å². The van der Waals surface area contributed by atoms with E-state index in [-0.39, 0.29) is 5.75 Å². The maximum absolute atomic E-state index is 9.96. The number of nitrogens with one attached hydrogen (secondary N) is 1. The Kier molecular flexibility index (Phi) is 4.48. The number of phenols is 1. The number of methoxy groups -OCH3 is 1. The SMILES string of the molecule is COc1cccc(-c2nc(Cc3c[nH]c4ccccc34)oc2-c2cccc(O)c2)c1. The molecule has 0 fully saturated rings. The van der Waals surface area contributed by atoms with E-state index in [0.717, 1.165) is 33.3 Å². The number of para-hydroxylation sites is 1. The number of nitrogens with zero attached hydrogens (tertiary/aromatic N) is 1. The molecule has 0 saturated carbocycles. The standard InChI is InChI=1S/C25H20N2O3/c1-29-20-9-5-6-16(13-20)24-25(17-7-4-8-19(28)12-17)30-23(27-24)14-18-15-26-22-11-3-2-10-21(18)22/h2-13,15,26,28H,14H2,1H3. The number of H-pyrrole nitrogens is 1. The number of phenolic OH excluding ortho intramolecular Hbond substituents is 1. The maximum atomic E-state index is 9.96. The molecule has 0 amide bonds. The molecule has 0 aliphatic heterocycles. The van der Waals surface area contributed by atoms with Gasteiger partial charge < -0.3 is 19.2 Å². The molecule has 0 unspecified atom stereocenters. The molecule has 0 atom stereocenters. The number of hydrogen-bond acceptors (Lipinski definition) is 4. The average molecular weight is 396 g/mol. The lowest BCUT2D eigenvalue weighted by molar-refractivity contribution is 0.415. The Bertz CT molecular complexity index is 1330. The third kappa shape index (κ3) is 3.31. The highest BCUT2D eigenvalue weighted by molar-refractivity contribution is 5.83. The summed E-state index contributed by atoms with van der Waals surface area (Å²) in [5, 5.41) is 11.1. The number of oxazole rings is 1. The van der Waals surface area contributed by atoms with Crippen LogP contribution in [0.15, 0.2) is 83.4 Å². The molecule has 5 nitrogen and oxygen atoms in total. The van der Waals surface area contributed by atoms with Crippen LogP contribution >= 0.6 is 0 Å². The molecule has 0 aliphatic rings. The van der Waals surface area contributed by atoms with E-state index in [1.54, 1.807) is 25.3 Å². The number of hydrogen-bond donors (Lipinski definition) is 2. The van der Waals surface area contributed by atoms with Crippen molar-refractivity contribution in [3.63, 3.8) is 0 Å². The van der Waals surface area contributed by atoms with E-state index in [2.05, 4.69) is 11.1 Å². The Labute approximate surface area is 173 Å². The van der Waals surface area contributed by atoms with Gasteiger partial charge in [0.2, 0.25) is 0 Å². The highest BCUT2D eigenvalue weighted by atomic mass is 16.5. The summed E-state index contributed by atoms with van der Waals surface area (Å²) >= 11 is 0. The zero-order valence-corrected chi connectivity index (χ0v) is 16.4. The summed E-state index contributed by atoms with van der Waals surface area (Å²) in [6.45, 7) is 0. The zero-order valence-electron chi connectivity index (χ0n) is 16.4. The molecule has 2 N–H and O–H groups in total. The fourth-order valence-corrected chi connectivity index (χ4v) is 3.69. The molecule has 0 saturated heterocycles. The van der Waals surface area contributed by atoms with Crippen molar-refractivity contribution in [2.45, 2.75) is 6.42 Å². The van der Waals surface area contributed by atoms with Crippen molar-refractivity contribution < 1.29 is 14.3 Å². The van der Waals surface area contributed by atoms with Gasteiger partial charge in [-0.1, -0.05) is 42.5 Å². The molecular formula is C25H20N2O3. The summed E-state index contributed by atoms with van der Waals surface area (Å²) in [5.74, 6) is 2.15. The molecule has 0 radical (unpaired) electrons. The van der Waals surface area contributed by atoms with Crippen LogP contribution in [0.3, 0.4) is 0 Å². The lowest BCUT2D eigenvalue weighted by Crippen LogP contribution is -1.88. The molecule has 5 rings (SSSR count). The van der Waals surface area contributed by atoms with Gasteiger partial charge in [0.25, 0.3) is 0 Å². The number of aromatic hydroxyl groups is 1. The molecule has 30 heavy (non-hydrogen) atoms. The topological polar surface area (TPSA) is 71.3 Å². The van der Waals surface area contributed by atoms with Gasteiger partial charge in [0.05, 0.1) is 13.5 Å². The van der Waals surface area contributed by atoms with Gasteiger partial charge in [-0.2, -0.15) is 0 Å². The first-order valence-electron chi connectivity index (χ1n) is 9.70. The first-order chi connectivity index (χ1) is 14.7. The lowest BCUT2D eigenvalue weighted by Gasteiger charge is -2.04. The van der Waals surface area contributed by atoms with Gasteiger partial charge >= 0.3 is 0 Å². The summed E-state index contributed by atoms with van der Waals surface area (Å²) in [5.41, 5.74) is 4.58. The largest absolute Gasteiger partial charge is 0.508 e. The quantitative estimate of drug-likeness (QED) is 0.394. The van der Waals surface area contributed by atoms with Crippen molar-refractivity contribution in [1.82, 2.24) is 9.97 Å². The second kappa shape index (κ2) is 7.44. The van der Waals surface area contributed by atoms with Crippen LogP contribution in [-0.4, -0.2) is 22.2 Å². The normalized spacial score (nSPS) is 11.1. The van der Waals surface area contributed by atoms with E-state index in [1.165, 1.54) is 0 Å². The van der Waals surface area contributed by atoms with Gasteiger partial charge in [-0.3, -0.25) is 0 Å². The third-order valence-corrected chi connectivity index (χ3v) is 5.14. The molecule has 2 aromatic heterocycles. The molecule has 5 heteroatoms. The molecule has 148 valence electrons. The van der Waals surface area contributed by atoms with Crippen molar-refractivity contribution >= 4 is 10.9 Å². The summed E-state index contributed by atoms with van der Waals surface area (Å²) < 4.78 is 11.6. The van der Waals surface area contributed by atoms with Gasteiger partial charge in [0, 0.05) is 28.2 Å². The summed E-state index contributed by atoms with van der Waals surface area (Å²) in [4.78, 5) is 8.12. The Balaban J connectivity index is 1.62. The smallest absolute Gasteiger partial charge is 0.200 e. The van der Waals surface area contributed by atoms with Gasteiger partial charge in [-0.05, 0) is 35.9 Å². The summed E-state index contributed by atoms with van der Waals surface area (Å²) in [7, 11) is 1.64. The van der Waals surface area contributed by atoms with Crippen LogP contribution in [0, 0.1) is 0 Å². The maximum Gasteiger partial charge on any atom is 0.200 e. The number of ether oxygens (including phenoxy) is 1. The highest BCUT2D eigenvalue weighted by Crippen LogP contribution is 2.36. The van der Waals surface area contributed by atoms with E-state index >= 15 is 0 Å². The lowest BCUT2D eigenvalue weighted by atomic mass is 10.1. The molecular weight excluding hydrogens is 376 g/mol. The minimum atomic E-state index is 0.179. The minimum Gasteiger partial charge on any atom is -0.508 e. The van der Waals surface area contributed by atoms with Gasteiger partial charge in [-0.15, -0.1) is 0 Å². The second-order valence-corrected chi connectivity index (χ2v) is 7.10. The van der Waals surface area contributed by atoms with Gasteiger partial charge in [0.15, 0.2) is 11.7 Å². The predicted molar refractivity (Wildman–Crippen MR) is 117 cm³/mol. The van der Waals surface area contributed by atoms with Crippen molar-refractivity contribution in [3.05, 3.63) is 90.4 Å². The van der Waals surface area contributed by atoms with Gasteiger partial charge in [0.1, 0.15) is 17.2 Å². The molecule has 3 aromatic carbocycles. The van der Waals surface area contributed by atoms with Crippen LogP contribution in [-0.2, 0) is 6.42 Å². The Morgan fingerprint density at radius 1 is 0.967 bits per heavy atom. The van der Waals surface area contributed by atoms with E-state index < -0.39 is 0 Å². The fourth-order valence-electron chi connectivity index (χ4n) is 3.69. The van der Waals surface area contributed by atoms with Crippen LogP contribution < -0.4 is 4.74 Å². The van der Waals surface area contributed by atoms with E-state index in [1.807, 2.05) is 54.7 Å². The predicted octanol–water partition coefficient (Wildman–Crippen LogP) is 5.79. The molecule has 5 aromatic rings. The number of aromatic amines is 1. The minimum absolute atomic E-state index is 0.179. The summed E-state index contributed by atoms with van der Waals surface area (Å²) in [6.07, 6.45) is 2.55. The van der Waals surface area contributed by atoms with E-state index in [0.29, 0.717) is 23.8 Å². The third-order valence-electron chi connectivity index (χ3n) is 5.14. The Morgan fingerprint density at radius 3 is 2.67 bits per heavy atom. The first kappa shape index (κ1) is 18.1. The van der Waals surface area contributed by atoms with Gasteiger partial charge in [-0.25, -0.2) is 4.98 Å². The van der Waals surface area contributed by atoms with Crippen LogP contribution in [0.25, 0.3) is 33.5 Å². The average Bonchev–Trinajstić information content (AvgIpc) is 3.39. The van der Waals surface area contributed by atoms with Crippen molar-refractivity contribution in [1.29, 1.82) is 0 Å². The van der Waals surface area contributed by atoms with Crippen molar-refractivity contribution in [3.8, 4) is 34.1 Å². The van der Waals surface area contributed by atoms with Crippen molar-refractivity contribution in [2.75, 3.05) is 7.11 Å². The van der Waals surface area contributed by atoms with Crippen LogP contribution in [0.2, 0.25) is 0 Å². The second-order valence-electron chi connectivity index (χ2n) is 7.10. The number of rotatable bonds is 5. The Hall–Kier alpha value is -3.99. The summed E-state index contributed by atoms with van der Waals surface area (Å²) in [6, 6.07) is 22.9. The zero-order chi connectivity index (χ0) is 20.5. The number of aromatic nitrogens is 2. The van der Waals surface area contributed by atoms with Crippen LogP contribution in [0.5, 0.6) is 11.5 Å². The Morgan fingerprint density at radius 2 is 1.80 bits per heavy atom. The first-order valence-corrected chi connectivity index (χ1v) is 9.70.